The summed E-state index contributed by atoms with van der Waals surface area (Å²) in [7, 11) is 0. The van der Waals surface area contributed by atoms with E-state index in [0.29, 0.717) is 10.6 Å². The van der Waals surface area contributed by atoms with Gasteiger partial charge in [-0.15, -0.1) is 0 Å². The normalized spacial score (nSPS) is 16.0. The van der Waals surface area contributed by atoms with Gasteiger partial charge in [0.05, 0.1) is 29.2 Å². The lowest BCUT2D eigenvalue weighted by Crippen LogP contribution is -2.30. The van der Waals surface area contributed by atoms with E-state index in [1.165, 1.54) is 34.5 Å². The van der Waals surface area contributed by atoms with Gasteiger partial charge in [0.2, 0.25) is 5.91 Å². The number of fused-ring (bicyclic) bond motifs is 2. The molecule has 0 N–H and O–H groups in total. The molecule has 1 amide bonds. The summed E-state index contributed by atoms with van der Waals surface area (Å²) in [6.07, 6.45) is -4.46. The van der Waals surface area contributed by atoms with E-state index in [1.807, 2.05) is 12.1 Å². The van der Waals surface area contributed by atoms with Gasteiger partial charge in [-0.2, -0.15) is 13.2 Å². The summed E-state index contributed by atoms with van der Waals surface area (Å²) < 4.78 is 40.5. The van der Waals surface area contributed by atoms with Gasteiger partial charge < -0.3 is 0 Å². The second-order valence-corrected chi connectivity index (χ2v) is 9.15. The van der Waals surface area contributed by atoms with E-state index < -0.39 is 11.7 Å². The van der Waals surface area contributed by atoms with Crippen LogP contribution >= 0.6 is 35.3 Å². The number of hydrogen-bond acceptors (Lipinski definition) is 5. The van der Waals surface area contributed by atoms with Crippen LogP contribution in [-0.4, -0.2) is 28.3 Å². The third-order valence-corrected chi connectivity index (χ3v) is 7.35. The second kappa shape index (κ2) is 7.44. The van der Waals surface area contributed by atoms with Crippen LogP contribution in [0.4, 0.5) is 24.5 Å². The highest BCUT2D eigenvalue weighted by Gasteiger charge is 2.34. The van der Waals surface area contributed by atoms with Crippen LogP contribution in [0.5, 0.6) is 0 Å². The predicted octanol–water partition coefficient (Wildman–Crippen LogP) is 5.67. The van der Waals surface area contributed by atoms with Crippen LogP contribution in [0.2, 0.25) is 0 Å². The number of carbonyl (C=O) groups excluding carboxylic acids is 1. The van der Waals surface area contributed by atoms with Gasteiger partial charge >= 0.3 is 6.18 Å². The van der Waals surface area contributed by atoms with Gasteiger partial charge in [-0.3, -0.25) is 14.7 Å². The van der Waals surface area contributed by atoms with Crippen LogP contribution < -0.4 is 4.90 Å². The fraction of sp³-hybridized carbons (Fsp3) is 0.222. The molecule has 3 nitrogen and oxygen atoms in total. The number of halogens is 3. The Labute approximate surface area is 166 Å². The Morgan fingerprint density at radius 3 is 2.67 bits per heavy atom. The highest BCUT2D eigenvalue weighted by Crippen LogP contribution is 2.49. The molecule has 2 aliphatic heterocycles. The lowest BCUT2D eigenvalue weighted by Gasteiger charge is -2.31. The van der Waals surface area contributed by atoms with Crippen molar-refractivity contribution >= 4 is 56.9 Å². The van der Waals surface area contributed by atoms with Crippen LogP contribution in [0, 0.1) is 0 Å². The molecule has 4 rings (SSSR count). The van der Waals surface area contributed by atoms with Crippen LogP contribution in [0.3, 0.4) is 0 Å². The molecule has 0 unspecified atom stereocenters. The summed E-state index contributed by atoms with van der Waals surface area (Å²) in [5.41, 5.74) is 0.128. The van der Waals surface area contributed by atoms with Crippen molar-refractivity contribution in [2.24, 2.45) is 4.99 Å². The van der Waals surface area contributed by atoms with Crippen molar-refractivity contribution < 1.29 is 18.0 Å². The minimum absolute atomic E-state index is 0.126. The van der Waals surface area contributed by atoms with Gasteiger partial charge in [-0.25, -0.2) is 0 Å². The molecule has 0 radical (unpaired) electrons. The maximum atomic E-state index is 13.2. The van der Waals surface area contributed by atoms with Crippen LogP contribution in [0.25, 0.3) is 0 Å². The summed E-state index contributed by atoms with van der Waals surface area (Å²) >= 11 is 4.31. The minimum Gasteiger partial charge on any atom is -0.278 e. The lowest BCUT2D eigenvalue weighted by molar-refractivity contribution is -0.137. The Morgan fingerprint density at radius 1 is 1.15 bits per heavy atom. The van der Waals surface area contributed by atoms with E-state index in [4.69, 9.17) is 0 Å². The van der Waals surface area contributed by atoms with Gasteiger partial charge in [-0.05, 0) is 30.3 Å². The number of para-hydroxylation sites is 1. The Balaban J connectivity index is 1.71. The highest BCUT2D eigenvalue weighted by atomic mass is 32.2. The smallest absolute Gasteiger partial charge is 0.278 e. The largest absolute Gasteiger partial charge is 0.416 e. The van der Waals surface area contributed by atoms with Crippen molar-refractivity contribution in [2.75, 3.05) is 23.0 Å². The predicted molar refractivity (Wildman–Crippen MR) is 106 cm³/mol. The number of rotatable bonds is 2. The minimum atomic E-state index is -4.46. The molecule has 0 spiro atoms. The number of benzene rings is 2. The molecule has 0 aromatic heterocycles. The third kappa shape index (κ3) is 3.86. The van der Waals surface area contributed by atoms with Gasteiger partial charge in [0.25, 0.3) is 0 Å². The first kappa shape index (κ1) is 18.8. The number of alkyl halides is 3. The molecule has 27 heavy (non-hydrogen) atoms. The molecular weight excluding hydrogens is 413 g/mol. The summed E-state index contributed by atoms with van der Waals surface area (Å²) in [6, 6.07) is 10.8. The maximum absolute atomic E-state index is 13.2. The van der Waals surface area contributed by atoms with Crippen molar-refractivity contribution in [1.29, 1.82) is 0 Å². The number of anilines is 2. The average Bonchev–Trinajstić information content (AvgIpc) is 3.16. The van der Waals surface area contributed by atoms with E-state index >= 15 is 0 Å². The van der Waals surface area contributed by atoms with E-state index in [2.05, 4.69) is 4.99 Å². The van der Waals surface area contributed by atoms with E-state index in [9.17, 15) is 18.0 Å². The monoisotopic (exact) mass is 426 g/mol. The maximum Gasteiger partial charge on any atom is 0.416 e. The number of amides is 1. The molecule has 0 bridgehead atoms. The molecule has 9 heteroatoms. The fourth-order valence-corrected chi connectivity index (χ4v) is 5.69. The number of aliphatic imine (C=N–C) groups is 1. The highest BCUT2D eigenvalue weighted by molar-refractivity contribution is 8.39. The van der Waals surface area contributed by atoms with E-state index in [-0.39, 0.29) is 17.3 Å². The van der Waals surface area contributed by atoms with Gasteiger partial charge in [0, 0.05) is 15.5 Å². The van der Waals surface area contributed by atoms with E-state index in [1.54, 1.807) is 23.9 Å². The second-order valence-electron chi connectivity index (χ2n) is 5.76. The molecule has 0 fully saturated rings. The van der Waals surface area contributed by atoms with Crippen molar-refractivity contribution in [3.8, 4) is 0 Å². The van der Waals surface area contributed by atoms with Crippen molar-refractivity contribution in [3.63, 3.8) is 0 Å². The summed E-state index contributed by atoms with van der Waals surface area (Å²) in [4.78, 5) is 20.2. The van der Waals surface area contributed by atoms with Gasteiger partial charge in [0.15, 0.2) is 0 Å². The van der Waals surface area contributed by atoms with E-state index in [0.717, 1.165) is 33.7 Å². The molecule has 0 saturated carbocycles. The Hall–Kier alpha value is -1.58. The molecule has 2 aromatic carbocycles. The Morgan fingerprint density at radius 2 is 1.93 bits per heavy atom. The van der Waals surface area contributed by atoms with Gasteiger partial charge in [0.1, 0.15) is 4.38 Å². The average molecular weight is 427 g/mol. The first-order chi connectivity index (χ1) is 12.9. The standard InChI is InChI=1S/C18H13F3N2OS3/c19-18(20,21)11-5-6-15-13(9-11)23(12-3-1-2-4-14(12)27-15)16(24)10-26-17-22-7-8-25-17/h1-6,9H,7-8,10H2. The lowest BCUT2D eigenvalue weighted by atomic mass is 10.1. The summed E-state index contributed by atoms with van der Waals surface area (Å²) in [6.45, 7) is 0.738. The third-order valence-electron chi connectivity index (χ3n) is 3.98. The van der Waals surface area contributed by atoms with Crippen LogP contribution in [-0.2, 0) is 11.0 Å². The summed E-state index contributed by atoms with van der Waals surface area (Å²) in [5.74, 6) is 0.765. The number of thioether (sulfide) groups is 2. The molecule has 2 heterocycles. The first-order valence-electron chi connectivity index (χ1n) is 8.04. The van der Waals surface area contributed by atoms with Crippen LogP contribution in [0.1, 0.15) is 5.56 Å². The molecular formula is C18H13F3N2OS3. The molecule has 140 valence electrons. The van der Waals surface area contributed by atoms with Crippen molar-refractivity contribution in [1.82, 2.24) is 0 Å². The zero-order chi connectivity index (χ0) is 19.0. The molecule has 0 saturated heterocycles. The van der Waals surface area contributed by atoms with Gasteiger partial charge in [-0.1, -0.05) is 47.4 Å². The molecule has 0 atom stereocenters. The van der Waals surface area contributed by atoms with Crippen LogP contribution in [0.15, 0.2) is 57.2 Å². The SMILES string of the molecule is O=C(CSC1=NCCS1)N1c2ccccc2Sc2ccc(C(F)(F)F)cc21. The topological polar surface area (TPSA) is 32.7 Å². The van der Waals surface area contributed by atoms with Crippen molar-refractivity contribution in [2.45, 2.75) is 16.0 Å². The van der Waals surface area contributed by atoms with Crippen molar-refractivity contribution in [3.05, 3.63) is 48.0 Å². The molecule has 2 aliphatic rings. The Bertz CT molecular complexity index is 930. The molecule has 2 aromatic rings. The molecule has 0 aliphatic carbocycles. The zero-order valence-corrected chi connectivity index (χ0v) is 16.3. The number of carbonyl (C=O) groups is 1. The quantitative estimate of drug-likeness (QED) is 0.619. The zero-order valence-electron chi connectivity index (χ0n) is 13.8. The number of hydrogen-bond donors (Lipinski definition) is 0. The number of nitrogens with zero attached hydrogens (tertiary/aromatic N) is 2. The Kier molecular flexibility index (Phi) is 5.17. The fourth-order valence-electron chi connectivity index (χ4n) is 2.79. The first-order valence-corrected chi connectivity index (χ1v) is 10.8. The summed E-state index contributed by atoms with van der Waals surface area (Å²) in [5, 5.41) is 0.